The SMILES string of the molecule is CC[C@H](C(=O)O)[C@@H]1CCc2cc(OCCCOc3ccc(-c4nc(C(F)(F)F)ns4)cc3C)ccc21. The number of carboxylic acid groups (broad SMARTS) is 1. The number of carbonyl (C=O) groups is 1. The first-order valence-electron chi connectivity index (χ1n) is 11.8. The Morgan fingerprint density at radius 2 is 1.97 bits per heavy atom. The van der Waals surface area contributed by atoms with E-state index >= 15 is 0 Å². The lowest BCUT2D eigenvalue weighted by atomic mass is 9.85. The lowest BCUT2D eigenvalue weighted by molar-refractivity contribution is -0.144. The molecule has 0 radical (unpaired) electrons. The summed E-state index contributed by atoms with van der Waals surface area (Å²) in [6, 6.07) is 11.0. The number of fused-ring (bicyclic) bond motifs is 1. The number of rotatable bonds is 10. The van der Waals surface area contributed by atoms with E-state index in [4.69, 9.17) is 9.47 Å². The zero-order valence-electron chi connectivity index (χ0n) is 20.0. The summed E-state index contributed by atoms with van der Waals surface area (Å²) in [4.78, 5) is 15.1. The monoisotopic (exact) mass is 520 g/mol. The molecule has 2 aromatic carbocycles. The molecule has 0 spiro atoms. The second-order valence-corrected chi connectivity index (χ2v) is 9.56. The highest BCUT2D eigenvalue weighted by molar-refractivity contribution is 7.09. The standard InChI is InChI=1S/C26H27F3N2O4S/c1-3-19(24(32)33)21-8-5-16-14-18(7-9-20(16)21)34-11-4-12-35-22-10-6-17(13-15(22)2)23-30-25(31-36-23)26(27,28)29/h6-7,9-10,13-14,19,21H,3-5,8,11-12H2,1-2H3,(H,32,33)/t19-,21-/m0/s1. The molecule has 10 heteroatoms. The summed E-state index contributed by atoms with van der Waals surface area (Å²) < 4.78 is 53.3. The van der Waals surface area contributed by atoms with Gasteiger partial charge < -0.3 is 14.6 Å². The van der Waals surface area contributed by atoms with Crippen LogP contribution in [0.5, 0.6) is 11.5 Å². The van der Waals surface area contributed by atoms with E-state index in [1.54, 1.807) is 18.2 Å². The van der Waals surface area contributed by atoms with Gasteiger partial charge in [0.15, 0.2) is 0 Å². The third kappa shape index (κ3) is 5.80. The molecule has 0 amide bonds. The number of benzene rings is 2. The highest BCUT2D eigenvalue weighted by Crippen LogP contribution is 2.41. The van der Waals surface area contributed by atoms with Gasteiger partial charge in [0.25, 0.3) is 0 Å². The first-order chi connectivity index (χ1) is 17.2. The minimum atomic E-state index is -4.56. The van der Waals surface area contributed by atoms with E-state index in [0.29, 0.717) is 48.9 Å². The van der Waals surface area contributed by atoms with E-state index in [0.717, 1.165) is 35.3 Å². The number of aliphatic carboxylic acids is 1. The fourth-order valence-corrected chi connectivity index (χ4v) is 5.27. The zero-order valence-corrected chi connectivity index (χ0v) is 20.8. The number of hydrogen-bond acceptors (Lipinski definition) is 6. The molecular formula is C26H27F3N2O4S. The van der Waals surface area contributed by atoms with E-state index in [9.17, 15) is 23.1 Å². The van der Waals surface area contributed by atoms with Crippen molar-refractivity contribution < 1.29 is 32.5 Å². The molecule has 0 aliphatic heterocycles. The molecule has 2 atom stereocenters. The van der Waals surface area contributed by atoms with E-state index in [1.165, 1.54) is 0 Å². The summed E-state index contributed by atoms with van der Waals surface area (Å²) in [6.45, 7) is 4.61. The second kappa shape index (κ2) is 10.9. The van der Waals surface area contributed by atoms with Crippen molar-refractivity contribution in [3.63, 3.8) is 0 Å². The van der Waals surface area contributed by atoms with Crippen molar-refractivity contribution in [1.82, 2.24) is 9.36 Å². The highest BCUT2D eigenvalue weighted by Gasteiger charge is 2.36. The van der Waals surface area contributed by atoms with Crippen LogP contribution in [-0.2, 0) is 17.4 Å². The van der Waals surface area contributed by atoms with Gasteiger partial charge in [-0.1, -0.05) is 13.0 Å². The maximum Gasteiger partial charge on any atom is 0.452 e. The molecule has 6 nitrogen and oxygen atoms in total. The maximum absolute atomic E-state index is 12.7. The van der Waals surface area contributed by atoms with Gasteiger partial charge in [-0.3, -0.25) is 4.79 Å². The van der Waals surface area contributed by atoms with Gasteiger partial charge in [0.05, 0.1) is 19.1 Å². The molecule has 0 saturated heterocycles. The Hall–Kier alpha value is -3.14. The quantitative estimate of drug-likeness (QED) is 0.307. The van der Waals surface area contributed by atoms with Gasteiger partial charge in [-0.05, 0) is 90.7 Å². The van der Waals surface area contributed by atoms with Crippen LogP contribution in [0.1, 0.15) is 54.6 Å². The van der Waals surface area contributed by atoms with Crippen molar-refractivity contribution >= 4 is 17.5 Å². The molecule has 0 fully saturated rings. The van der Waals surface area contributed by atoms with E-state index in [1.807, 2.05) is 32.0 Å². The average Bonchev–Trinajstić information content (AvgIpc) is 3.48. The molecule has 4 rings (SSSR count). The number of ether oxygens (including phenoxy) is 2. The Morgan fingerprint density at radius 3 is 2.64 bits per heavy atom. The minimum Gasteiger partial charge on any atom is -0.493 e. The summed E-state index contributed by atoms with van der Waals surface area (Å²) in [7, 11) is 0. The van der Waals surface area contributed by atoms with Crippen LogP contribution in [0.25, 0.3) is 10.6 Å². The largest absolute Gasteiger partial charge is 0.493 e. The van der Waals surface area contributed by atoms with Crippen LogP contribution in [0.4, 0.5) is 13.2 Å². The molecule has 0 saturated carbocycles. The molecule has 1 heterocycles. The van der Waals surface area contributed by atoms with Crippen molar-refractivity contribution in [3.05, 3.63) is 58.9 Å². The molecule has 0 unspecified atom stereocenters. The number of alkyl halides is 3. The zero-order chi connectivity index (χ0) is 25.9. The van der Waals surface area contributed by atoms with Crippen molar-refractivity contribution in [2.75, 3.05) is 13.2 Å². The first-order valence-corrected chi connectivity index (χ1v) is 12.6. The maximum atomic E-state index is 12.7. The Kier molecular flexibility index (Phi) is 7.82. The van der Waals surface area contributed by atoms with Crippen molar-refractivity contribution in [1.29, 1.82) is 0 Å². The lowest BCUT2D eigenvalue weighted by Crippen LogP contribution is -2.19. The summed E-state index contributed by atoms with van der Waals surface area (Å²) in [5, 5.41) is 9.70. The lowest BCUT2D eigenvalue weighted by Gasteiger charge is -2.19. The Labute approximate surface area is 211 Å². The molecule has 192 valence electrons. The topological polar surface area (TPSA) is 81.5 Å². The van der Waals surface area contributed by atoms with Gasteiger partial charge in [-0.25, -0.2) is 4.98 Å². The number of aryl methyl sites for hydroxylation is 2. The fraction of sp³-hybridized carbons (Fsp3) is 0.423. The second-order valence-electron chi connectivity index (χ2n) is 8.81. The molecule has 1 aromatic heterocycles. The summed E-state index contributed by atoms with van der Waals surface area (Å²) >= 11 is 0.713. The molecule has 36 heavy (non-hydrogen) atoms. The third-order valence-electron chi connectivity index (χ3n) is 6.40. The van der Waals surface area contributed by atoms with Crippen LogP contribution in [0.3, 0.4) is 0 Å². The summed E-state index contributed by atoms with van der Waals surface area (Å²) in [5.74, 6) is -0.771. The number of aromatic nitrogens is 2. The Morgan fingerprint density at radius 1 is 1.19 bits per heavy atom. The molecular weight excluding hydrogens is 493 g/mol. The smallest absolute Gasteiger partial charge is 0.452 e. The minimum absolute atomic E-state index is 0.0538. The van der Waals surface area contributed by atoms with Gasteiger partial charge in [0, 0.05) is 12.0 Å². The van der Waals surface area contributed by atoms with Crippen LogP contribution in [0.2, 0.25) is 0 Å². The van der Waals surface area contributed by atoms with Crippen LogP contribution in [0.15, 0.2) is 36.4 Å². The predicted octanol–water partition coefficient (Wildman–Crippen LogP) is 6.52. The van der Waals surface area contributed by atoms with E-state index < -0.39 is 18.0 Å². The molecule has 0 bridgehead atoms. The predicted molar refractivity (Wildman–Crippen MR) is 130 cm³/mol. The molecule has 1 aliphatic carbocycles. The van der Waals surface area contributed by atoms with Crippen LogP contribution in [0, 0.1) is 12.8 Å². The summed E-state index contributed by atoms with van der Waals surface area (Å²) in [5.41, 5.74) is 3.62. The number of halogens is 3. The van der Waals surface area contributed by atoms with Crippen LogP contribution >= 0.6 is 11.5 Å². The number of carboxylic acids is 1. The van der Waals surface area contributed by atoms with Crippen molar-refractivity contribution in [3.8, 4) is 22.1 Å². The van der Waals surface area contributed by atoms with Crippen molar-refractivity contribution in [2.45, 2.75) is 51.6 Å². The van der Waals surface area contributed by atoms with E-state index in [-0.39, 0.29) is 16.8 Å². The molecule has 3 aromatic rings. The van der Waals surface area contributed by atoms with Gasteiger partial charge in [-0.2, -0.15) is 17.5 Å². The van der Waals surface area contributed by atoms with Gasteiger partial charge in [-0.15, -0.1) is 0 Å². The van der Waals surface area contributed by atoms with Gasteiger partial charge >= 0.3 is 12.1 Å². The number of hydrogen-bond donors (Lipinski definition) is 1. The average molecular weight is 521 g/mol. The Balaban J connectivity index is 1.26. The normalized spacial score (nSPS) is 16.0. The highest BCUT2D eigenvalue weighted by atomic mass is 32.1. The fourth-order valence-electron chi connectivity index (χ4n) is 4.60. The summed E-state index contributed by atoms with van der Waals surface area (Å²) in [6.07, 6.45) is -1.61. The Bertz CT molecular complexity index is 1230. The first kappa shape index (κ1) is 25.9. The van der Waals surface area contributed by atoms with Crippen LogP contribution in [-0.4, -0.2) is 33.6 Å². The van der Waals surface area contributed by atoms with Gasteiger partial charge in [0.1, 0.15) is 16.5 Å². The molecule has 1 N–H and O–H groups in total. The number of nitrogens with zero attached hydrogens (tertiary/aromatic N) is 2. The van der Waals surface area contributed by atoms with Gasteiger partial charge in [0.2, 0.25) is 5.82 Å². The van der Waals surface area contributed by atoms with Crippen LogP contribution < -0.4 is 9.47 Å². The third-order valence-corrected chi connectivity index (χ3v) is 7.16. The van der Waals surface area contributed by atoms with E-state index in [2.05, 4.69) is 9.36 Å². The van der Waals surface area contributed by atoms with Crippen molar-refractivity contribution in [2.24, 2.45) is 5.92 Å². The molecule has 1 aliphatic rings.